The molecule has 0 atom stereocenters. The van der Waals surface area contributed by atoms with E-state index in [0.717, 1.165) is 42.6 Å². The Labute approximate surface area is 134 Å². The van der Waals surface area contributed by atoms with E-state index in [9.17, 15) is 8.42 Å². The van der Waals surface area contributed by atoms with Crippen molar-refractivity contribution in [3.05, 3.63) is 23.3 Å². The van der Waals surface area contributed by atoms with Crippen LogP contribution in [0.2, 0.25) is 0 Å². The maximum atomic E-state index is 13.1. The Morgan fingerprint density at radius 1 is 1.14 bits per heavy atom. The van der Waals surface area contributed by atoms with E-state index in [-0.39, 0.29) is 6.04 Å². The van der Waals surface area contributed by atoms with E-state index in [1.165, 1.54) is 6.42 Å². The number of sulfonamides is 1. The Kier molecular flexibility index (Phi) is 5.50. The topological polar surface area (TPSA) is 46.6 Å². The normalized spacial score (nSPS) is 17.0. The number of hydrogen-bond donors (Lipinski definition) is 0. The fraction of sp³-hybridized carbons (Fsp3) is 0.647. The van der Waals surface area contributed by atoms with Crippen molar-refractivity contribution in [3.8, 4) is 5.75 Å². The zero-order valence-corrected chi connectivity index (χ0v) is 14.9. The van der Waals surface area contributed by atoms with E-state index in [0.29, 0.717) is 11.4 Å². The van der Waals surface area contributed by atoms with Gasteiger partial charge in [-0.3, -0.25) is 0 Å². The smallest absolute Gasteiger partial charge is 0.243 e. The standard InChI is InChI=1S/C17H27NO3S/c1-5-18(15-9-7-6-8-10-15)22(19,20)17-12-11-16(21-4)13(2)14(17)3/h11-12,15H,5-10H2,1-4H3. The van der Waals surface area contributed by atoms with Gasteiger partial charge in [0.25, 0.3) is 0 Å². The van der Waals surface area contributed by atoms with Crippen molar-refractivity contribution in [1.82, 2.24) is 4.31 Å². The fourth-order valence-electron chi connectivity index (χ4n) is 3.39. The molecule has 124 valence electrons. The molecule has 1 aliphatic rings. The highest BCUT2D eigenvalue weighted by atomic mass is 32.2. The van der Waals surface area contributed by atoms with Crippen LogP contribution >= 0.6 is 0 Å². The molecule has 4 nitrogen and oxygen atoms in total. The molecule has 0 N–H and O–H groups in total. The molecule has 0 heterocycles. The second-order valence-electron chi connectivity index (χ2n) is 6.02. The summed E-state index contributed by atoms with van der Waals surface area (Å²) in [5, 5.41) is 0. The number of rotatable bonds is 5. The maximum absolute atomic E-state index is 13.1. The van der Waals surface area contributed by atoms with Gasteiger partial charge in [0.15, 0.2) is 0 Å². The van der Waals surface area contributed by atoms with Crippen molar-refractivity contribution >= 4 is 10.0 Å². The summed E-state index contributed by atoms with van der Waals surface area (Å²) in [4.78, 5) is 0.415. The first-order valence-corrected chi connectivity index (χ1v) is 9.53. The molecule has 1 saturated carbocycles. The van der Waals surface area contributed by atoms with Gasteiger partial charge >= 0.3 is 0 Å². The van der Waals surface area contributed by atoms with E-state index in [1.807, 2.05) is 20.8 Å². The lowest BCUT2D eigenvalue weighted by Gasteiger charge is -2.33. The summed E-state index contributed by atoms with van der Waals surface area (Å²) in [6.07, 6.45) is 5.41. The van der Waals surface area contributed by atoms with Crippen molar-refractivity contribution in [2.75, 3.05) is 13.7 Å². The summed E-state index contributed by atoms with van der Waals surface area (Å²) >= 11 is 0. The van der Waals surface area contributed by atoms with Gasteiger partial charge in [0, 0.05) is 12.6 Å². The Balaban J connectivity index is 2.42. The quantitative estimate of drug-likeness (QED) is 0.830. The van der Waals surface area contributed by atoms with E-state index in [1.54, 1.807) is 23.5 Å². The summed E-state index contributed by atoms with van der Waals surface area (Å²) < 4.78 is 33.2. The fourth-order valence-corrected chi connectivity index (χ4v) is 5.37. The van der Waals surface area contributed by atoms with E-state index >= 15 is 0 Å². The zero-order valence-electron chi connectivity index (χ0n) is 14.1. The molecular weight excluding hydrogens is 298 g/mol. The molecule has 0 amide bonds. The summed E-state index contributed by atoms with van der Waals surface area (Å²) in [5.74, 6) is 0.733. The van der Waals surface area contributed by atoms with Gasteiger partial charge in [0.1, 0.15) is 5.75 Å². The molecular formula is C17H27NO3S. The van der Waals surface area contributed by atoms with Gasteiger partial charge in [-0.2, -0.15) is 4.31 Å². The van der Waals surface area contributed by atoms with E-state index < -0.39 is 10.0 Å². The van der Waals surface area contributed by atoms with Crippen LogP contribution in [0, 0.1) is 13.8 Å². The minimum absolute atomic E-state index is 0.144. The molecule has 5 heteroatoms. The SMILES string of the molecule is CCN(C1CCCCC1)S(=O)(=O)c1ccc(OC)c(C)c1C. The molecule has 1 aromatic rings. The first-order valence-electron chi connectivity index (χ1n) is 8.09. The zero-order chi connectivity index (χ0) is 16.3. The van der Waals surface area contributed by atoms with Crippen LogP contribution in [-0.4, -0.2) is 32.4 Å². The minimum Gasteiger partial charge on any atom is -0.496 e. The number of benzene rings is 1. The lowest BCUT2D eigenvalue weighted by Crippen LogP contribution is -2.41. The van der Waals surface area contributed by atoms with Crippen molar-refractivity contribution in [2.24, 2.45) is 0 Å². The minimum atomic E-state index is -3.45. The van der Waals surface area contributed by atoms with Gasteiger partial charge in [-0.05, 0) is 49.9 Å². The van der Waals surface area contributed by atoms with E-state index in [4.69, 9.17) is 4.74 Å². The van der Waals surface area contributed by atoms with Gasteiger partial charge in [-0.1, -0.05) is 26.2 Å². The van der Waals surface area contributed by atoms with Gasteiger partial charge < -0.3 is 4.74 Å². The third-order valence-corrected chi connectivity index (χ3v) is 6.96. The molecule has 1 aliphatic carbocycles. The highest BCUT2D eigenvalue weighted by Gasteiger charge is 2.32. The van der Waals surface area contributed by atoms with Crippen LogP contribution < -0.4 is 4.74 Å². The average Bonchev–Trinajstić information content (AvgIpc) is 2.51. The summed E-state index contributed by atoms with van der Waals surface area (Å²) in [6.45, 7) is 6.22. The molecule has 1 fully saturated rings. The van der Waals surface area contributed by atoms with Crippen LogP contribution in [0.1, 0.15) is 50.2 Å². The molecule has 2 rings (SSSR count). The Bertz CT molecular complexity index is 619. The van der Waals surface area contributed by atoms with Crippen molar-refractivity contribution in [3.63, 3.8) is 0 Å². The van der Waals surface area contributed by atoms with E-state index in [2.05, 4.69) is 0 Å². The molecule has 0 aromatic heterocycles. The summed E-state index contributed by atoms with van der Waals surface area (Å²) in [7, 11) is -1.84. The Morgan fingerprint density at radius 2 is 1.77 bits per heavy atom. The van der Waals surface area contributed by atoms with Crippen molar-refractivity contribution in [2.45, 2.75) is 63.8 Å². The van der Waals surface area contributed by atoms with Crippen LogP contribution in [0.15, 0.2) is 17.0 Å². The Morgan fingerprint density at radius 3 is 2.32 bits per heavy atom. The lowest BCUT2D eigenvalue weighted by atomic mass is 9.95. The summed E-state index contributed by atoms with van der Waals surface area (Å²) in [6, 6.07) is 3.58. The number of methoxy groups -OCH3 is 1. The molecule has 0 unspecified atom stereocenters. The molecule has 0 bridgehead atoms. The molecule has 0 aliphatic heterocycles. The average molecular weight is 325 g/mol. The molecule has 1 aromatic carbocycles. The first kappa shape index (κ1) is 17.3. The maximum Gasteiger partial charge on any atom is 0.243 e. The van der Waals surface area contributed by atoms with Crippen LogP contribution in [0.4, 0.5) is 0 Å². The molecule has 22 heavy (non-hydrogen) atoms. The van der Waals surface area contributed by atoms with Gasteiger partial charge in [-0.25, -0.2) is 8.42 Å². The molecule has 0 radical (unpaired) electrons. The third-order valence-electron chi connectivity index (χ3n) is 4.79. The van der Waals surface area contributed by atoms with Crippen LogP contribution in [0.5, 0.6) is 5.75 Å². The Hall–Kier alpha value is -1.07. The van der Waals surface area contributed by atoms with Crippen molar-refractivity contribution in [1.29, 1.82) is 0 Å². The highest BCUT2D eigenvalue weighted by molar-refractivity contribution is 7.89. The third kappa shape index (κ3) is 3.15. The molecule has 0 saturated heterocycles. The first-order chi connectivity index (χ1) is 10.4. The largest absolute Gasteiger partial charge is 0.496 e. The van der Waals surface area contributed by atoms with Crippen LogP contribution in [0.25, 0.3) is 0 Å². The predicted octanol–water partition coefficient (Wildman–Crippen LogP) is 3.66. The summed E-state index contributed by atoms with van der Waals surface area (Å²) in [5.41, 5.74) is 1.68. The second-order valence-corrected chi connectivity index (χ2v) is 7.88. The predicted molar refractivity (Wildman–Crippen MR) is 88.9 cm³/mol. The second kappa shape index (κ2) is 7.01. The van der Waals surface area contributed by atoms with Gasteiger partial charge in [0.2, 0.25) is 10.0 Å². The number of nitrogens with zero attached hydrogens (tertiary/aromatic N) is 1. The van der Waals surface area contributed by atoms with Gasteiger partial charge in [-0.15, -0.1) is 0 Å². The van der Waals surface area contributed by atoms with Gasteiger partial charge in [0.05, 0.1) is 12.0 Å². The number of hydrogen-bond acceptors (Lipinski definition) is 3. The van der Waals surface area contributed by atoms with Crippen molar-refractivity contribution < 1.29 is 13.2 Å². The monoisotopic (exact) mass is 325 g/mol. The lowest BCUT2D eigenvalue weighted by molar-refractivity contribution is 0.261. The number of ether oxygens (including phenoxy) is 1. The van der Waals surface area contributed by atoms with Crippen LogP contribution in [0.3, 0.4) is 0 Å². The highest BCUT2D eigenvalue weighted by Crippen LogP contribution is 2.32. The molecule has 0 spiro atoms. The van der Waals surface area contributed by atoms with Crippen LogP contribution in [-0.2, 0) is 10.0 Å².